The van der Waals surface area contributed by atoms with E-state index < -0.39 is 6.61 Å². The highest BCUT2D eigenvalue weighted by atomic mass is 19.3. The fraction of sp³-hybridized carbons (Fsp3) is 0.409. The van der Waals surface area contributed by atoms with Crippen molar-refractivity contribution in [1.82, 2.24) is 19.9 Å². The van der Waals surface area contributed by atoms with E-state index in [0.29, 0.717) is 35.0 Å². The third kappa shape index (κ3) is 4.45. The SMILES string of the molecule is C[C@@H]1CCN(c2ccc3nc(-c4cccc(OC(F)F)c4)[nH]c3n2)C[C@@H]1C(=O)N(C)C. The zero-order valence-corrected chi connectivity index (χ0v) is 17.7. The number of carbonyl (C=O) groups excluding carboxylic acids is 1. The number of hydrogen-bond acceptors (Lipinski definition) is 5. The second kappa shape index (κ2) is 8.49. The highest BCUT2D eigenvalue weighted by molar-refractivity contribution is 5.80. The van der Waals surface area contributed by atoms with Gasteiger partial charge in [-0.1, -0.05) is 19.1 Å². The normalized spacial score (nSPS) is 19.1. The van der Waals surface area contributed by atoms with E-state index in [1.54, 1.807) is 31.1 Å². The highest BCUT2D eigenvalue weighted by Crippen LogP contribution is 2.29. The van der Waals surface area contributed by atoms with Crippen LogP contribution in [0, 0.1) is 11.8 Å². The second-order valence-electron chi connectivity index (χ2n) is 8.08. The number of imidazole rings is 1. The molecular weight excluding hydrogens is 404 g/mol. The van der Waals surface area contributed by atoms with E-state index in [2.05, 4.69) is 26.5 Å². The number of aromatic amines is 1. The maximum atomic E-state index is 12.6. The monoisotopic (exact) mass is 429 g/mol. The number of nitrogens with zero attached hydrogens (tertiary/aromatic N) is 4. The van der Waals surface area contributed by atoms with Gasteiger partial charge in [0, 0.05) is 32.7 Å². The standard InChI is InChI=1S/C22H25F2N5O2/c1-13-9-10-29(12-16(13)21(30)28(2)3)18-8-7-17-20(26-18)27-19(25-17)14-5-4-6-15(11-14)31-22(23)24/h4-8,11,13,16,22H,9-10,12H2,1-3H3,(H,25,26,27)/t13-,16+/m1/s1. The van der Waals surface area contributed by atoms with Crippen LogP contribution in [0.3, 0.4) is 0 Å². The Bertz CT molecular complexity index is 1080. The molecule has 1 aromatic carbocycles. The zero-order chi connectivity index (χ0) is 22.1. The highest BCUT2D eigenvalue weighted by Gasteiger charge is 2.33. The van der Waals surface area contributed by atoms with Gasteiger partial charge in [0.15, 0.2) is 5.65 Å². The van der Waals surface area contributed by atoms with E-state index in [1.807, 2.05) is 12.1 Å². The topological polar surface area (TPSA) is 74.4 Å². The lowest BCUT2D eigenvalue weighted by Gasteiger charge is -2.37. The fourth-order valence-corrected chi connectivity index (χ4v) is 3.95. The van der Waals surface area contributed by atoms with Crippen LogP contribution in [0.4, 0.5) is 14.6 Å². The number of fused-ring (bicyclic) bond motifs is 1. The maximum absolute atomic E-state index is 12.6. The average molecular weight is 429 g/mol. The number of amides is 1. The van der Waals surface area contributed by atoms with Crippen LogP contribution in [0.15, 0.2) is 36.4 Å². The van der Waals surface area contributed by atoms with Gasteiger partial charge in [-0.3, -0.25) is 4.79 Å². The number of hydrogen-bond donors (Lipinski definition) is 1. The summed E-state index contributed by atoms with van der Waals surface area (Å²) < 4.78 is 29.5. The maximum Gasteiger partial charge on any atom is 0.387 e. The average Bonchev–Trinajstić information content (AvgIpc) is 3.17. The quantitative estimate of drug-likeness (QED) is 0.668. The van der Waals surface area contributed by atoms with Crippen LogP contribution < -0.4 is 9.64 Å². The van der Waals surface area contributed by atoms with Crippen LogP contribution in [-0.4, -0.2) is 59.6 Å². The van der Waals surface area contributed by atoms with Gasteiger partial charge < -0.3 is 19.5 Å². The molecule has 3 heterocycles. The third-order valence-electron chi connectivity index (χ3n) is 5.70. The van der Waals surface area contributed by atoms with E-state index in [1.165, 1.54) is 12.1 Å². The van der Waals surface area contributed by atoms with Crippen molar-refractivity contribution in [1.29, 1.82) is 0 Å². The molecule has 4 rings (SSSR count). The fourth-order valence-electron chi connectivity index (χ4n) is 3.95. The molecule has 0 spiro atoms. The Morgan fingerprint density at radius 3 is 2.81 bits per heavy atom. The molecule has 0 saturated carbocycles. The molecule has 0 unspecified atom stereocenters. The van der Waals surface area contributed by atoms with E-state index in [4.69, 9.17) is 4.98 Å². The van der Waals surface area contributed by atoms with Crippen molar-refractivity contribution in [2.75, 3.05) is 32.1 Å². The second-order valence-corrected chi connectivity index (χ2v) is 8.08. The van der Waals surface area contributed by atoms with Gasteiger partial charge >= 0.3 is 6.61 Å². The molecule has 164 valence electrons. The van der Waals surface area contributed by atoms with Crippen molar-refractivity contribution in [3.05, 3.63) is 36.4 Å². The number of carbonyl (C=O) groups is 1. The number of halogens is 2. The summed E-state index contributed by atoms with van der Waals surface area (Å²) in [4.78, 5) is 28.7. The Hall–Kier alpha value is -3.23. The van der Waals surface area contributed by atoms with Crippen LogP contribution in [0.5, 0.6) is 5.75 Å². The first-order valence-corrected chi connectivity index (χ1v) is 10.2. The lowest BCUT2D eigenvalue weighted by Crippen LogP contribution is -2.46. The van der Waals surface area contributed by atoms with Crippen LogP contribution in [0.1, 0.15) is 13.3 Å². The summed E-state index contributed by atoms with van der Waals surface area (Å²) in [6.45, 7) is 0.674. The molecule has 1 aliphatic heterocycles. The molecule has 1 saturated heterocycles. The minimum atomic E-state index is -2.88. The summed E-state index contributed by atoms with van der Waals surface area (Å²) in [5, 5.41) is 0. The summed E-state index contributed by atoms with van der Waals surface area (Å²) in [5.41, 5.74) is 1.90. The molecule has 1 fully saturated rings. The summed E-state index contributed by atoms with van der Waals surface area (Å²) >= 11 is 0. The molecule has 2 atom stereocenters. The van der Waals surface area contributed by atoms with Gasteiger partial charge in [-0.05, 0) is 36.6 Å². The first-order chi connectivity index (χ1) is 14.8. The van der Waals surface area contributed by atoms with Gasteiger partial charge in [-0.2, -0.15) is 8.78 Å². The number of rotatable bonds is 5. The van der Waals surface area contributed by atoms with Crippen molar-refractivity contribution < 1.29 is 18.3 Å². The molecule has 0 bridgehead atoms. The Labute approximate surface area is 179 Å². The van der Waals surface area contributed by atoms with E-state index in [9.17, 15) is 13.6 Å². The molecule has 3 aromatic rings. The Kier molecular flexibility index (Phi) is 5.75. The minimum Gasteiger partial charge on any atom is -0.435 e. The van der Waals surface area contributed by atoms with Crippen molar-refractivity contribution in [2.24, 2.45) is 11.8 Å². The Balaban J connectivity index is 1.59. The smallest absolute Gasteiger partial charge is 0.387 e. The van der Waals surface area contributed by atoms with Crippen molar-refractivity contribution in [3.63, 3.8) is 0 Å². The lowest BCUT2D eigenvalue weighted by molar-refractivity contribution is -0.134. The van der Waals surface area contributed by atoms with E-state index >= 15 is 0 Å². The molecular formula is C22H25F2N5O2. The van der Waals surface area contributed by atoms with Gasteiger partial charge in [-0.25, -0.2) is 9.97 Å². The van der Waals surface area contributed by atoms with Crippen molar-refractivity contribution in [2.45, 2.75) is 20.0 Å². The number of alkyl halides is 2. The van der Waals surface area contributed by atoms with Gasteiger partial charge in [-0.15, -0.1) is 0 Å². The van der Waals surface area contributed by atoms with Gasteiger partial charge in [0.25, 0.3) is 0 Å². The summed E-state index contributed by atoms with van der Waals surface area (Å²) in [6, 6.07) is 10.1. The molecule has 31 heavy (non-hydrogen) atoms. The summed E-state index contributed by atoms with van der Waals surface area (Å²) in [6.07, 6.45) is 0.912. The lowest BCUT2D eigenvalue weighted by atomic mass is 9.86. The van der Waals surface area contributed by atoms with Crippen LogP contribution >= 0.6 is 0 Å². The molecule has 9 heteroatoms. The number of ether oxygens (including phenoxy) is 1. The molecule has 7 nitrogen and oxygen atoms in total. The number of nitrogens with one attached hydrogen (secondary N) is 1. The van der Waals surface area contributed by atoms with Gasteiger partial charge in [0.05, 0.1) is 5.92 Å². The number of H-pyrrole nitrogens is 1. The Morgan fingerprint density at radius 1 is 1.26 bits per heavy atom. The molecule has 0 aliphatic carbocycles. The first kappa shape index (κ1) is 21.0. The zero-order valence-electron chi connectivity index (χ0n) is 17.7. The summed E-state index contributed by atoms with van der Waals surface area (Å²) in [5.74, 6) is 1.74. The molecule has 1 N–H and O–H groups in total. The largest absolute Gasteiger partial charge is 0.435 e. The molecule has 1 amide bonds. The summed E-state index contributed by atoms with van der Waals surface area (Å²) in [7, 11) is 3.57. The molecule has 2 aromatic heterocycles. The van der Waals surface area contributed by atoms with E-state index in [-0.39, 0.29) is 17.6 Å². The first-order valence-electron chi connectivity index (χ1n) is 10.2. The van der Waals surface area contributed by atoms with Gasteiger partial charge in [0.2, 0.25) is 5.91 Å². The van der Waals surface area contributed by atoms with Crippen LogP contribution in [0.25, 0.3) is 22.6 Å². The predicted molar refractivity (Wildman–Crippen MR) is 114 cm³/mol. The minimum absolute atomic E-state index is 0.0700. The molecule has 0 radical (unpaired) electrons. The molecule has 1 aliphatic rings. The van der Waals surface area contributed by atoms with Crippen LogP contribution in [0.2, 0.25) is 0 Å². The number of anilines is 1. The number of pyridine rings is 1. The number of piperidine rings is 1. The van der Waals surface area contributed by atoms with Crippen LogP contribution in [-0.2, 0) is 4.79 Å². The van der Waals surface area contributed by atoms with E-state index in [0.717, 1.165) is 18.8 Å². The van der Waals surface area contributed by atoms with Crippen molar-refractivity contribution >= 4 is 22.9 Å². The van der Waals surface area contributed by atoms with Gasteiger partial charge in [0.1, 0.15) is 22.9 Å². The number of aromatic nitrogens is 3. The predicted octanol–water partition coefficient (Wildman–Crippen LogP) is 3.78. The third-order valence-corrected chi connectivity index (χ3v) is 5.70. The Morgan fingerprint density at radius 2 is 2.06 bits per heavy atom. The van der Waals surface area contributed by atoms with Crippen molar-refractivity contribution in [3.8, 4) is 17.1 Å². The number of benzene rings is 1.